The quantitative estimate of drug-likeness (QED) is 0.666. The number of fused-ring (bicyclic) bond motifs is 6. The summed E-state index contributed by atoms with van der Waals surface area (Å²) in [5.74, 6) is 1.75. The van der Waals surface area contributed by atoms with Gasteiger partial charge >= 0.3 is 0 Å². The van der Waals surface area contributed by atoms with E-state index in [1.165, 1.54) is 17.6 Å². The summed E-state index contributed by atoms with van der Waals surface area (Å²) in [5.41, 5.74) is 3.46. The van der Waals surface area contributed by atoms with Gasteiger partial charge in [-0.15, -0.1) is 0 Å². The highest BCUT2D eigenvalue weighted by Crippen LogP contribution is 2.73. The second-order valence-electron chi connectivity index (χ2n) is 9.84. The minimum absolute atomic E-state index is 0.131. The summed E-state index contributed by atoms with van der Waals surface area (Å²) < 4.78 is 0. The van der Waals surface area contributed by atoms with Gasteiger partial charge < -0.3 is 10.2 Å². The third-order valence-electron chi connectivity index (χ3n) is 8.98. The summed E-state index contributed by atoms with van der Waals surface area (Å²) in [5, 5.41) is 21.1. The fourth-order valence-corrected chi connectivity index (χ4v) is 7.42. The second-order valence-corrected chi connectivity index (χ2v) is 9.84. The van der Waals surface area contributed by atoms with Gasteiger partial charge in [-0.2, -0.15) is 0 Å². The molecule has 2 nitrogen and oxygen atoms in total. The largest absolute Gasteiger partial charge is 0.393 e. The Labute approximate surface area is 135 Å². The van der Waals surface area contributed by atoms with Crippen molar-refractivity contribution in [3.63, 3.8) is 0 Å². The Bertz CT molecular complexity index is 548. The molecule has 2 bridgehead atoms. The van der Waals surface area contributed by atoms with Crippen LogP contribution in [-0.4, -0.2) is 22.4 Å². The highest BCUT2D eigenvalue weighted by Gasteiger charge is 2.68. The summed E-state index contributed by atoms with van der Waals surface area (Å²) >= 11 is 0. The first-order valence-electron chi connectivity index (χ1n) is 9.19. The molecule has 0 aromatic heterocycles. The van der Waals surface area contributed by atoms with Gasteiger partial charge in [0.25, 0.3) is 0 Å². The first-order valence-corrected chi connectivity index (χ1v) is 9.19. The molecule has 4 aliphatic carbocycles. The van der Waals surface area contributed by atoms with E-state index in [0.29, 0.717) is 17.8 Å². The first kappa shape index (κ1) is 15.2. The van der Waals surface area contributed by atoms with Crippen molar-refractivity contribution in [1.82, 2.24) is 0 Å². The average Bonchev–Trinajstić information content (AvgIpc) is 2.49. The van der Waals surface area contributed by atoms with Crippen LogP contribution in [0.4, 0.5) is 0 Å². The molecular formula is C20H32O2. The van der Waals surface area contributed by atoms with Gasteiger partial charge in [-0.25, -0.2) is 0 Å². The average molecular weight is 304 g/mol. The van der Waals surface area contributed by atoms with E-state index >= 15 is 0 Å². The predicted octanol–water partition coefficient (Wildman–Crippen LogP) is 3.92. The maximum absolute atomic E-state index is 10.7. The van der Waals surface area contributed by atoms with Crippen molar-refractivity contribution in [2.24, 2.45) is 34.0 Å². The van der Waals surface area contributed by atoms with Gasteiger partial charge in [-0.05, 0) is 78.6 Å². The summed E-state index contributed by atoms with van der Waals surface area (Å²) in [6.07, 6.45) is 5.09. The lowest BCUT2D eigenvalue weighted by Crippen LogP contribution is -2.56. The van der Waals surface area contributed by atoms with Crippen molar-refractivity contribution >= 4 is 0 Å². The lowest BCUT2D eigenvalue weighted by Gasteiger charge is -2.61. The van der Waals surface area contributed by atoms with Gasteiger partial charge in [0.05, 0.1) is 12.2 Å². The molecular weight excluding hydrogens is 272 g/mol. The Hall–Kier alpha value is -0.340. The van der Waals surface area contributed by atoms with Crippen LogP contribution in [0.15, 0.2) is 11.1 Å². The molecule has 0 aromatic rings. The minimum Gasteiger partial charge on any atom is -0.393 e. The monoisotopic (exact) mass is 304 g/mol. The lowest BCUT2D eigenvalue weighted by atomic mass is 9.43. The standard InChI is InChI=1S/C20H32O2/c1-11-6-7-12-13(19(4)9-16(22)17(11)19)8-14-15(21)10-20(12,5)18(14,2)3/h12-16,21-22H,6-10H2,1-5H3/t12?,13-,14-,15?,16-,19+,20-/m1/s1. The van der Waals surface area contributed by atoms with Gasteiger partial charge in [0, 0.05) is 0 Å². The maximum atomic E-state index is 10.7. The zero-order chi connectivity index (χ0) is 16.1. The molecule has 22 heavy (non-hydrogen) atoms. The van der Waals surface area contributed by atoms with Crippen molar-refractivity contribution < 1.29 is 10.2 Å². The number of hydrogen-bond donors (Lipinski definition) is 2. The van der Waals surface area contributed by atoms with E-state index in [1.54, 1.807) is 0 Å². The summed E-state index contributed by atoms with van der Waals surface area (Å²) in [4.78, 5) is 0. The van der Waals surface area contributed by atoms with Crippen LogP contribution < -0.4 is 0 Å². The van der Waals surface area contributed by atoms with Crippen molar-refractivity contribution in [2.45, 2.75) is 78.9 Å². The fraction of sp³-hybridized carbons (Fsp3) is 0.900. The van der Waals surface area contributed by atoms with Gasteiger partial charge in [-0.3, -0.25) is 0 Å². The Kier molecular flexibility index (Phi) is 2.89. The highest BCUT2D eigenvalue weighted by atomic mass is 16.3. The van der Waals surface area contributed by atoms with E-state index in [0.717, 1.165) is 25.7 Å². The SMILES string of the molecule is CC1=C2[C@H](O)C[C@@]2(C)[C@@H]2C[C@@H]3C(O)C[C@](C)(C2CC1)C3(C)C. The number of rotatable bonds is 0. The normalized spacial score (nSPS) is 56.0. The fourth-order valence-electron chi connectivity index (χ4n) is 7.42. The topological polar surface area (TPSA) is 40.5 Å². The van der Waals surface area contributed by atoms with E-state index in [2.05, 4.69) is 34.6 Å². The molecule has 0 amide bonds. The van der Waals surface area contributed by atoms with Crippen LogP contribution in [0.25, 0.3) is 0 Å². The first-order chi connectivity index (χ1) is 10.1. The van der Waals surface area contributed by atoms with E-state index in [-0.39, 0.29) is 28.5 Å². The highest BCUT2D eigenvalue weighted by molar-refractivity contribution is 5.37. The third kappa shape index (κ3) is 1.50. The van der Waals surface area contributed by atoms with Crippen LogP contribution in [0, 0.1) is 34.0 Å². The van der Waals surface area contributed by atoms with Gasteiger partial charge in [-0.1, -0.05) is 33.3 Å². The molecule has 124 valence electrons. The van der Waals surface area contributed by atoms with Crippen LogP contribution in [0.2, 0.25) is 0 Å². The molecule has 7 atom stereocenters. The van der Waals surface area contributed by atoms with Crippen molar-refractivity contribution in [3.8, 4) is 0 Å². The predicted molar refractivity (Wildman–Crippen MR) is 88.3 cm³/mol. The van der Waals surface area contributed by atoms with Crippen LogP contribution in [-0.2, 0) is 0 Å². The van der Waals surface area contributed by atoms with Crippen molar-refractivity contribution in [3.05, 3.63) is 11.1 Å². The third-order valence-corrected chi connectivity index (χ3v) is 8.98. The van der Waals surface area contributed by atoms with Crippen LogP contribution >= 0.6 is 0 Å². The Morgan fingerprint density at radius 3 is 2.27 bits per heavy atom. The molecule has 4 aliphatic rings. The van der Waals surface area contributed by atoms with Crippen LogP contribution in [0.5, 0.6) is 0 Å². The number of allylic oxidation sites excluding steroid dienone is 1. The Morgan fingerprint density at radius 1 is 0.955 bits per heavy atom. The second kappa shape index (κ2) is 4.19. The van der Waals surface area contributed by atoms with Crippen LogP contribution in [0.3, 0.4) is 0 Å². The van der Waals surface area contributed by atoms with Gasteiger partial charge in [0.1, 0.15) is 0 Å². The number of hydrogen-bond acceptors (Lipinski definition) is 2. The molecule has 0 saturated heterocycles. The number of aliphatic hydroxyl groups excluding tert-OH is 2. The molecule has 2 N–H and O–H groups in total. The smallest absolute Gasteiger partial charge is 0.0766 e. The van der Waals surface area contributed by atoms with E-state index in [1.807, 2.05) is 0 Å². The number of aliphatic hydroxyl groups is 2. The van der Waals surface area contributed by atoms with E-state index in [9.17, 15) is 10.2 Å². The van der Waals surface area contributed by atoms with Gasteiger partial charge in [0.2, 0.25) is 0 Å². The molecule has 0 radical (unpaired) electrons. The minimum atomic E-state index is -0.200. The molecule has 4 rings (SSSR count). The molecule has 2 unspecified atom stereocenters. The van der Waals surface area contributed by atoms with Crippen molar-refractivity contribution in [1.29, 1.82) is 0 Å². The van der Waals surface area contributed by atoms with Crippen molar-refractivity contribution in [2.75, 3.05) is 0 Å². The maximum Gasteiger partial charge on any atom is 0.0766 e. The van der Waals surface area contributed by atoms with E-state index < -0.39 is 0 Å². The Balaban J connectivity index is 1.81. The van der Waals surface area contributed by atoms with Crippen LogP contribution in [0.1, 0.15) is 66.7 Å². The zero-order valence-electron chi connectivity index (χ0n) is 14.8. The molecule has 0 spiro atoms. The van der Waals surface area contributed by atoms with Gasteiger partial charge in [0.15, 0.2) is 0 Å². The molecule has 3 fully saturated rings. The molecule has 0 heterocycles. The molecule has 3 saturated carbocycles. The molecule has 2 heteroatoms. The summed E-state index contributed by atoms with van der Waals surface area (Å²) in [7, 11) is 0. The Morgan fingerprint density at radius 2 is 1.64 bits per heavy atom. The lowest BCUT2D eigenvalue weighted by molar-refractivity contribution is -0.116. The molecule has 0 aromatic carbocycles. The summed E-state index contributed by atoms with van der Waals surface area (Å²) in [6, 6.07) is 0. The zero-order valence-corrected chi connectivity index (χ0v) is 14.8. The van der Waals surface area contributed by atoms with E-state index in [4.69, 9.17) is 0 Å². The summed E-state index contributed by atoms with van der Waals surface area (Å²) in [6.45, 7) is 11.9. The molecule has 0 aliphatic heterocycles.